The largest absolute Gasteiger partial charge is 0.478 e. The summed E-state index contributed by atoms with van der Waals surface area (Å²) >= 11 is 0. The molecule has 1 heterocycles. The van der Waals surface area contributed by atoms with Crippen LogP contribution in [0, 0.1) is 0 Å². The number of halogens is 3. The Morgan fingerprint density at radius 1 is 1.50 bits per heavy atom. The number of carbonyl (C=O) groups is 1. The molecule has 4 nitrogen and oxygen atoms in total. The second-order valence-corrected chi connectivity index (χ2v) is 4.36. The normalized spacial score (nSPS) is 16.2. The lowest BCUT2D eigenvalue weighted by atomic mass is 10.3. The Bertz CT molecular complexity index is 437. The highest BCUT2D eigenvalue weighted by molar-refractivity contribution is 5.87. The minimum absolute atomic E-state index is 0.0164. The van der Waals surface area contributed by atoms with Crippen molar-refractivity contribution >= 4 is 5.97 Å². The Morgan fingerprint density at radius 2 is 2.17 bits per heavy atom. The van der Waals surface area contributed by atoms with E-state index in [-0.39, 0.29) is 23.9 Å². The zero-order chi connectivity index (χ0) is 13.3. The third-order valence-electron chi connectivity index (χ3n) is 2.71. The number of furan rings is 1. The Labute approximate surface area is 101 Å². The SMILES string of the molecule is O=C(O)c1coc(CN(CC(F)(F)F)C2CC2)c1. The van der Waals surface area contributed by atoms with Gasteiger partial charge in [0.15, 0.2) is 0 Å². The second-order valence-electron chi connectivity index (χ2n) is 4.36. The summed E-state index contributed by atoms with van der Waals surface area (Å²) in [5, 5.41) is 8.69. The Kier molecular flexibility index (Phi) is 3.34. The average Bonchev–Trinajstić information content (AvgIpc) is 2.96. The van der Waals surface area contributed by atoms with E-state index < -0.39 is 18.7 Å². The molecular weight excluding hydrogens is 251 g/mol. The fourth-order valence-electron chi connectivity index (χ4n) is 1.76. The summed E-state index contributed by atoms with van der Waals surface area (Å²) < 4.78 is 42.0. The topological polar surface area (TPSA) is 53.7 Å². The molecule has 0 amide bonds. The van der Waals surface area contributed by atoms with E-state index in [1.807, 2.05) is 0 Å². The smallest absolute Gasteiger partial charge is 0.401 e. The first-order valence-corrected chi connectivity index (χ1v) is 5.46. The predicted molar refractivity (Wildman–Crippen MR) is 55.2 cm³/mol. The van der Waals surface area contributed by atoms with Crippen LogP contribution in [0.25, 0.3) is 0 Å². The third-order valence-corrected chi connectivity index (χ3v) is 2.71. The second kappa shape index (κ2) is 4.64. The summed E-state index contributed by atoms with van der Waals surface area (Å²) in [5.74, 6) is -0.914. The molecule has 0 bridgehead atoms. The van der Waals surface area contributed by atoms with Crippen LogP contribution in [0.3, 0.4) is 0 Å². The Balaban J connectivity index is 2.01. The molecule has 1 aliphatic carbocycles. The van der Waals surface area contributed by atoms with Crippen LogP contribution in [0.4, 0.5) is 13.2 Å². The summed E-state index contributed by atoms with van der Waals surface area (Å²) in [6.45, 7) is -1.02. The van der Waals surface area contributed by atoms with Gasteiger partial charge in [0.2, 0.25) is 0 Å². The minimum Gasteiger partial charge on any atom is -0.478 e. The van der Waals surface area contributed by atoms with Crippen LogP contribution in [-0.2, 0) is 6.54 Å². The van der Waals surface area contributed by atoms with E-state index in [2.05, 4.69) is 0 Å². The maximum absolute atomic E-state index is 12.4. The van der Waals surface area contributed by atoms with Gasteiger partial charge in [-0.1, -0.05) is 0 Å². The standard InChI is InChI=1S/C11H12F3NO3/c12-11(13,14)6-15(8-1-2-8)4-9-3-7(5-18-9)10(16)17/h3,5,8H,1-2,4,6H2,(H,16,17). The molecule has 0 atom stereocenters. The van der Waals surface area contributed by atoms with Crippen molar-refractivity contribution in [2.45, 2.75) is 31.6 Å². The lowest BCUT2D eigenvalue weighted by Gasteiger charge is -2.21. The van der Waals surface area contributed by atoms with Gasteiger partial charge in [-0.3, -0.25) is 4.90 Å². The van der Waals surface area contributed by atoms with Crippen molar-refractivity contribution in [1.82, 2.24) is 4.90 Å². The van der Waals surface area contributed by atoms with Gasteiger partial charge in [0.05, 0.1) is 18.7 Å². The number of hydrogen-bond donors (Lipinski definition) is 1. The Hall–Kier alpha value is -1.50. The molecule has 0 saturated heterocycles. The number of rotatable bonds is 5. The van der Waals surface area contributed by atoms with Gasteiger partial charge in [0, 0.05) is 6.04 Å². The van der Waals surface area contributed by atoms with Crippen molar-refractivity contribution in [1.29, 1.82) is 0 Å². The van der Waals surface area contributed by atoms with E-state index in [9.17, 15) is 18.0 Å². The minimum atomic E-state index is -4.26. The summed E-state index contributed by atoms with van der Waals surface area (Å²) in [4.78, 5) is 11.9. The van der Waals surface area contributed by atoms with E-state index in [1.54, 1.807) is 0 Å². The van der Waals surface area contributed by atoms with Crippen LogP contribution < -0.4 is 0 Å². The zero-order valence-corrected chi connectivity index (χ0v) is 9.41. The van der Waals surface area contributed by atoms with Crippen LogP contribution in [0.5, 0.6) is 0 Å². The van der Waals surface area contributed by atoms with E-state index in [0.29, 0.717) is 0 Å². The predicted octanol–water partition coefficient (Wildman–Crippen LogP) is 2.50. The molecule has 1 aromatic rings. The van der Waals surface area contributed by atoms with Crippen LogP contribution in [0.1, 0.15) is 29.0 Å². The highest BCUT2D eigenvalue weighted by atomic mass is 19.4. The first-order chi connectivity index (χ1) is 8.35. The van der Waals surface area contributed by atoms with Gasteiger partial charge >= 0.3 is 12.1 Å². The monoisotopic (exact) mass is 263 g/mol. The van der Waals surface area contributed by atoms with E-state index in [1.165, 1.54) is 11.0 Å². The highest BCUT2D eigenvalue weighted by Crippen LogP contribution is 2.31. The van der Waals surface area contributed by atoms with Crippen molar-refractivity contribution in [3.63, 3.8) is 0 Å². The van der Waals surface area contributed by atoms with Gasteiger partial charge in [-0.2, -0.15) is 13.2 Å². The molecular formula is C11H12F3NO3. The number of carboxylic acid groups (broad SMARTS) is 1. The molecule has 2 rings (SSSR count). The van der Waals surface area contributed by atoms with Gasteiger partial charge in [0.1, 0.15) is 12.0 Å². The number of aromatic carboxylic acids is 1. The van der Waals surface area contributed by atoms with Crippen molar-refractivity contribution in [2.75, 3.05) is 6.54 Å². The van der Waals surface area contributed by atoms with Crippen molar-refractivity contribution in [2.24, 2.45) is 0 Å². The van der Waals surface area contributed by atoms with E-state index >= 15 is 0 Å². The van der Waals surface area contributed by atoms with Crippen molar-refractivity contribution in [3.05, 3.63) is 23.7 Å². The molecule has 0 spiro atoms. The van der Waals surface area contributed by atoms with E-state index in [4.69, 9.17) is 9.52 Å². The van der Waals surface area contributed by atoms with Crippen LogP contribution >= 0.6 is 0 Å². The maximum atomic E-state index is 12.4. The lowest BCUT2D eigenvalue weighted by Crippen LogP contribution is -2.35. The summed E-state index contributed by atoms with van der Waals surface area (Å²) in [6, 6.07) is 1.18. The van der Waals surface area contributed by atoms with Crippen LogP contribution in [0.2, 0.25) is 0 Å². The number of carboxylic acids is 1. The fourth-order valence-corrected chi connectivity index (χ4v) is 1.76. The molecule has 1 fully saturated rings. The lowest BCUT2D eigenvalue weighted by molar-refractivity contribution is -0.148. The van der Waals surface area contributed by atoms with Gasteiger partial charge in [0.25, 0.3) is 0 Å². The third kappa shape index (κ3) is 3.49. The number of hydrogen-bond acceptors (Lipinski definition) is 3. The van der Waals surface area contributed by atoms with Crippen molar-refractivity contribution in [3.8, 4) is 0 Å². The molecule has 1 aliphatic rings. The molecule has 1 aromatic heterocycles. The molecule has 100 valence electrons. The quantitative estimate of drug-likeness (QED) is 0.886. The summed E-state index contributed by atoms with van der Waals surface area (Å²) in [6.07, 6.45) is -1.74. The van der Waals surface area contributed by atoms with Crippen molar-refractivity contribution < 1.29 is 27.5 Å². The van der Waals surface area contributed by atoms with Gasteiger partial charge in [-0.05, 0) is 18.9 Å². The van der Waals surface area contributed by atoms with Crippen LogP contribution in [-0.4, -0.2) is 34.7 Å². The first kappa shape index (κ1) is 12.9. The molecule has 18 heavy (non-hydrogen) atoms. The molecule has 7 heteroatoms. The zero-order valence-electron chi connectivity index (χ0n) is 9.41. The van der Waals surface area contributed by atoms with Crippen LogP contribution in [0.15, 0.2) is 16.7 Å². The maximum Gasteiger partial charge on any atom is 0.401 e. The summed E-state index contributed by atoms with van der Waals surface area (Å²) in [5.41, 5.74) is -0.0484. The molecule has 0 aliphatic heterocycles. The molecule has 1 saturated carbocycles. The van der Waals surface area contributed by atoms with Gasteiger partial charge in [-0.15, -0.1) is 0 Å². The molecule has 0 unspecified atom stereocenters. The molecule has 0 radical (unpaired) electrons. The number of nitrogens with zero attached hydrogens (tertiary/aromatic N) is 1. The van der Waals surface area contributed by atoms with Gasteiger partial charge in [-0.25, -0.2) is 4.79 Å². The number of alkyl halides is 3. The average molecular weight is 263 g/mol. The van der Waals surface area contributed by atoms with E-state index in [0.717, 1.165) is 19.1 Å². The fraction of sp³-hybridized carbons (Fsp3) is 0.545. The first-order valence-electron chi connectivity index (χ1n) is 5.46. The highest BCUT2D eigenvalue weighted by Gasteiger charge is 2.38. The Morgan fingerprint density at radius 3 is 2.61 bits per heavy atom. The molecule has 0 aromatic carbocycles. The van der Waals surface area contributed by atoms with Gasteiger partial charge < -0.3 is 9.52 Å². The summed E-state index contributed by atoms with van der Waals surface area (Å²) in [7, 11) is 0. The molecule has 1 N–H and O–H groups in total.